The molecule has 2 aromatic heterocycles. The Hall–Kier alpha value is -2.68. The Kier molecular flexibility index (Phi) is 3.43. The van der Waals surface area contributed by atoms with Gasteiger partial charge in [0, 0.05) is 17.1 Å². The number of benzene rings is 1. The highest BCUT2D eigenvalue weighted by atomic mass is 19.4. The highest BCUT2D eigenvalue weighted by Gasteiger charge is 2.38. The third-order valence-corrected chi connectivity index (χ3v) is 4.16. The number of hydrogen-bond donors (Lipinski definition) is 0. The summed E-state index contributed by atoms with van der Waals surface area (Å²) < 4.78 is 48.7. The van der Waals surface area contributed by atoms with E-state index in [0.29, 0.717) is 24.3 Å². The first-order valence-corrected chi connectivity index (χ1v) is 7.49. The third kappa shape index (κ3) is 2.60. The van der Waals surface area contributed by atoms with Gasteiger partial charge in [-0.3, -0.25) is 9.36 Å². The lowest BCUT2D eigenvalue weighted by Crippen LogP contribution is -2.37. The fourth-order valence-corrected chi connectivity index (χ4v) is 2.75. The number of aromatic nitrogens is 3. The van der Waals surface area contributed by atoms with Gasteiger partial charge in [0.2, 0.25) is 11.7 Å². The van der Waals surface area contributed by atoms with Crippen molar-refractivity contribution in [3.05, 3.63) is 35.9 Å². The van der Waals surface area contributed by atoms with Crippen molar-refractivity contribution in [1.82, 2.24) is 14.7 Å². The Bertz CT molecular complexity index is 970. The number of carbonyl (C=O) groups is 1. The molecular formula is C16H12F3N3O3. The van der Waals surface area contributed by atoms with E-state index in [1.165, 1.54) is 4.57 Å². The van der Waals surface area contributed by atoms with Crippen LogP contribution in [0.4, 0.5) is 13.2 Å². The third-order valence-electron chi connectivity index (χ3n) is 4.16. The zero-order valence-corrected chi connectivity index (χ0v) is 13.0. The Morgan fingerprint density at radius 3 is 2.68 bits per heavy atom. The number of carbonyl (C=O) groups excluding carboxylic acids is 1. The van der Waals surface area contributed by atoms with Crippen LogP contribution < -0.4 is 0 Å². The molecule has 3 aromatic rings. The Balaban J connectivity index is 1.79. The predicted molar refractivity (Wildman–Crippen MR) is 79.9 cm³/mol. The maximum atomic E-state index is 12.6. The van der Waals surface area contributed by atoms with Crippen molar-refractivity contribution in [2.75, 3.05) is 13.2 Å². The number of ether oxygens (including phenoxy) is 1. The molecule has 25 heavy (non-hydrogen) atoms. The minimum absolute atomic E-state index is 0.106. The maximum Gasteiger partial charge on any atom is 0.471 e. The number of fused-ring (bicyclic) bond motifs is 1. The van der Waals surface area contributed by atoms with E-state index in [2.05, 4.69) is 14.7 Å². The van der Waals surface area contributed by atoms with Gasteiger partial charge in [-0.15, -0.1) is 0 Å². The molecule has 0 unspecified atom stereocenters. The SMILES string of the molecule is Cc1cn(C(=O)C2COC2)c2cc(-c3noc(C(F)(F)F)n3)ccc12. The van der Waals surface area contributed by atoms with E-state index < -0.39 is 12.1 Å². The fourth-order valence-electron chi connectivity index (χ4n) is 2.75. The predicted octanol–water partition coefficient (Wildman–Crippen LogP) is 3.31. The minimum atomic E-state index is -4.70. The van der Waals surface area contributed by atoms with Gasteiger partial charge < -0.3 is 9.26 Å². The van der Waals surface area contributed by atoms with E-state index >= 15 is 0 Å². The molecule has 6 nitrogen and oxygen atoms in total. The molecule has 1 saturated heterocycles. The standard InChI is InChI=1S/C16H12F3N3O3/c1-8-5-22(14(23)10-6-24-7-10)12-4-9(2-3-11(8)12)13-20-15(25-21-13)16(17,18)19/h2-5,10H,6-7H2,1H3. The van der Waals surface area contributed by atoms with Gasteiger partial charge in [0.25, 0.3) is 0 Å². The smallest absolute Gasteiger partial charge is 0.380 e. The summed E-state index contributed by atoms with van der Waals surface area (Å²) >= 11 is 0. The number of alkyl halides is 3. The first kappa shape index (κ1) is 15.8. The van der Waals surface area contributed by atoms with E-state index in [0.717, 1.165) is 10.9 Å². The summed E-state index contributed by atoms with van der Waals surface area (Å²) in [5.74, 6) is -1.90. The minimum Gasteiger partial charge on any atom is -0.380 e. The molecule has 9 heteroatoms. The maximum absolute atomic E-state index is 12.6. The second-order valence-corrected chi connectivity index (χ2v) is 5.91. The molecule has 3 heterocycles. The molecule has 1 aliphatic heterocycles. The van der Waals surface area contributed by atoms with Crippen LogP contribution in [0.2, 0.25) is 0 Å². The van der Waals surface area contributed by atoms with Crippen molar-refractivity contribution < 1.29 is 27.2 Å². The van der Waals surface area contributed by atoms with E-state index in [4.69, 9.17) is 4.74 Å². The molecule has 0 amide bonds. The molecule has 1 aromatic carbocycles. The zero-order valence-electron chi connectivity index (χ0n) is 13.0. The topological polar surface area (TPSA) is 70.2 Å². The van der Waals surface area contributed by atoms with Crippen LogP contribution in [0.5, 0.6) is 0 Å². The second-order valence-electron chi connectivity index (χ2n) is 5.91. The zero-order chi connectivity index (χ0) is 17.8. The fraction of sp³-hybridized carbons (Fsp3) is 0.312. The molecule has 4 rings (SSSR count). The van der Waals surface area contributed by atoms with Crippen LogP contribution in [0.3, 0.4) is 0 Å². The van der Waals surface area contributed by atoms with Gasteiger partial charge in [0.15, 0.2) is 0 Å². The average molecular weight is 351 g/mol. The number of rotatable bonds is 2. The highest BCUT2D eigenvalue weighted by molar-refractivity contribution is 5.97. The van der Waals surface area contributed by atoms with E-state index in [9.17, 15) is 18.0 Å². The van der Waals surface area contributed by atoms with Gasteiger partial charge in [0.1, 0.15) is 0 Å². The summed E-state index contributed by atoms with van der Waals surface area (Å²) in [5.41, 5.74) is 1.81. The summed E-state index contributed by atoms with van der Waals surface area (Å²) in [6.45, 7) is 2.60. The van der Waals surface area contributed by atoms with Crippen LogP contribution in [-0.2, 0) is 10.9 Å². The van der Waals surface area contributed by atoms with E-state index in [-0.39, 0.29) is 17.6 Å². The number of halogens is 3. The molecule has 0 aliphatic carbocycles. The first-order valence-electron chi connectivity index (χ1n) is 7.49. The molecule has 0 N–H and O–H groups in total. The van der Waals surface area contributed by atoms with Crippen LogP contribution in [0.25, 0.3) is 22.3 Å². The van der Waals surface area contributed by atoms with Gasteiger partial charge in [-0.05, 0) is 18.6 Å². The largest absolute Gasteiger partial charge is 0.471 e. The Morgan fingerprint density at radius 2 is 2.08 bits per heavy atom. The van der Waals surface area contributed by atoms with Gasteiger partial charge in [-0.1, -0.05) is 17.3 Å². The number of nitrogens with zero attached hydrogens (tertiary/aromatic N) is 3. The van der Waals surface area contributed by atoms with Gasteiger partial charge in [-0.25, -0.2) is 0 Å². The molecule has 130 valence electrons. The number of aryl methyl sites for hydroxylation is 1. The van der Waals surface area contributed by atoms with Crippen LogP contribution >= 0.6 is 0 Å². The molecule has 0 atom stereocenters. The van der Waals surface area contributed by atoms with Gasteiger partial charge >= 0.3 is 12.1 Å². The highest BCUT2D eigenvalue weighted by Crippen LogP contribution is 2.31. The summed E-state index contributed by atoms with van der Waals surface area (Å²) in [4.78, 5) is 15.9. The summed E-state index contributed by atoms with van der Waals surface area (Å²) in [6, 6.07) is 4.91. The molecular weight excluding hydrogens is 339 g/mol. The summed E-state index contributed by atoms with van der Waals surface area (Å²) in [5, 5.41) is 4.21. The normalized spacial score (nSPS) is 15.5. The lowest BCUT2D eigenvalue weighted by atomic mass is 10.1. The summed E-state index contributed by atoms with van der Waals surface area (Å²) in [6.07, 6.45) is -2.99. The molecule has 1 fully saturated rings. The van der Waals surface area contributed by atoms with Crippen molar-refractivity contribution >= 4 is 16.8 Å². The van der Waals surface area contributed by atoms with Crippen molar-refractivity contribution in [2.45, 2.75) is 13.1 Å². The Morgan fingerprint density at radius 1 is 1.32 bits per heavy atom. The quantitative estimate of drug-likeness (QED) is 0.708. The van der Waals surface area contributed by atoms with E-state index in [1.807, 2.05) is 6.92 Å². The van der Waals surface area contributed by atoms with Crippen LogP contribution in [0.15, 0.2) is 28.9 Å². The van der Waals surface area contributed by atoms with Crippen LogP contribution in [0.1, 0.15) is 16.2 Å². The molecule has 0 saturated carbocycles. The molecule has 1 aliphatic rings. The van der Waals surface area contributed by atoms with E-state index in [1.54, 1.807) is 24.4 Å². The first-order chi connectivity index (χ1) is 11.8. The van der Waals surface area contributed by atoms with Crippen molar-refractivity contribution in [3.8, 4) is 11.4 Å². The van der Waals surface area contributed by atoms with Crippen molar-refractivity contribution in [3.63, 3.8) is 0 Å². The molecule has 0 bridgehead atoms. The monoisotopic (exact) mass is 351 g/mol. The average Bonchev–Trinajstić information content (AvgIpc) is 3.10. The van der Waals surface area contributed by atoms with Crippen LogP contribution in [0, 0.1) is 12.8 Å². The number of hydrogen-bond acceptors (Lipinski definition) is 5. The van der Waals surface area contributed by atoms with Crippen molar-refractivity contribution in [1.29, 1.82) is 0 Å². The van der Waals surface area contributed by atoms with Gasteiger partial charge in [-0.2, -0.15) is 18.2 Å². The summed E-state index contributed by atoms with van der Waals surface area (Å²) in [7, 11) is 0. The second kappa shape index (κ2) is 5.41. The lowest BCUT2D eigenvalue weighted by molar-refractivity contribution is -0.159. The van der Waals surface area contributed by atoms with Gasteiger partial charge in [0.05, 0.1) is 24.6 Å². The molecule has 0 spiro atoms. The lowest BCUT2D eigenvalue weighted by Gasteiger charge is -2.24. The Labute approximate surface area is 139 Å². The van der Waals surface area contributed by atoms with Crippen LogP contribution in [-0.4, -0.2) is 33.8 Å². The van der Waals surface area contributed by atoms with Crippen molar-refractivity contribution in [2.24, 2.45) is 5.92 Å². The molecule has 0 radical (unpaired) electrons.